The lowest BCUT2D eigenvalue weighted by atomic mass is 9.63. The maximum absolute atomic E-state index is 5.01. The third-order valence-electron chi connectivity index (χ3n) is 23.0. The van der Waals surface area contributed by atoms with Crippen LogP contribution in [0.3, 0.4) is 0 Å². The fourth-order valence-electron chi connectivity index (χ4n) is 18.9. The molecule has 4 aliphatic carbocycles. The molecule has 2 nitrogen and oxygen atoms in total. The molecule has 0 heterocycles. The zero-order valence-electron chi connectivity index (χ0n) is 56.6. The quantitative estimate of drug-likeness (QED) is 0.113. The summed E-state index contributed by atoms with van der Waals surface area (Å²) in [5.41, 5.74) is 27.9. The molecule has 0 bridgehead atoms. The van der Waals surface area contributed by atoms with Crippen molar-refractivity contribution in [3.8, 4) is 11.1 Å². The Kier molecular flexibility index (Phi) is 15.4. The molecule has 0 aliphatic heterocycles. The van der Waals surface area contributed by atoms with E-state index in [1.807, 2.05) is 0 Å². The summed E-state index contributed by atoms with van der Waals surface area (Å²) in [7, 11) is 0. The SMILES string of the molecule is C=C1/C=C\C=C/Cc2ccccc2C1(c1ccccc1)c1cc(C)c(N(c2ccccc2)c2cc(C3CCCCC3)c3ccc4c(N(c5ccccc5)c5c(C)cc(C6(c7ccccc7)c7ccccc7-c7ccccc76)cc5C)cc(C5CCCCC5)c5ccc2c3c54)c(C)c1. The zero-order valence-corrected chi connectivity index (χ0v) is 56.6. The molecule has 0 aromatic heterocycles. The van der Waals surface area contributed by atoms with Crippen LogP contribution in [0.5, 0.6) is 0 Å². The predicted octanol–water partition coefficient (Wildman–Crippen LogP) is 25.8. The molecule has 0 amide bonds. The minimum Gasteiger partial charge on any atom is -0.309 e. The molecule has 13 aromatic carbocycles. The van der Waals surface area contributed by atoms with Crippen LogP contribution in [-0.2, 0) is 17.3 Å². The molecule has 0 radical (unpaired) electrons. The highest BCUT2D eigenvalue weighted by molar-refractivity contribution is 6.29. The van der Waals surface area contributed by atoms with Gasteiger partial charge in [0.15, 0.2) is 0 Å². The number of rotatable bonds is 12. The van der Waals surface area contributed by atoms with Gasteiger partial charge in [-0.25, -0.2) is 0 Å². The highest BCUT2D eigenvalue weighted by Crippen LogP contribution is 2.59. The Morgan fingerprint density at radius 3 is 1.20 bits per heavy atom. The van der Waals surface area contributed by atoms with Gasteiger partial charge in [-0.1, -0.05) is 288 Å². The molecule has 474 valence electrons. The highest BCUT2D eigenvalue weighted by atomic mass is 15.2. The van der Waals surface area contributed by atoms with E-state index in [4.69, 9.17) is 6.58 Å². The van der Waals surface area contributed by atoms with Crippen LogP contribution in [0.4, 0.5) is 34.1 Å². The summed E-state index contributed by atoms with van der Waals surface area (Å²) < 4.78 is 0. The topological polar surface area (TPSA) is 6.48 Å². The molecule has 2 fully saturated rings. The van der Waals surface area contributed by atoms with E-state index < -0.39 is 10.8 Å². The van der Waals surface area contributed by atoms with Gasteiger partial charge in [0, 0.05) is 22.1 Å². The lowest BCUT2D eigenvalue weighted by Gasteiger charge is -2.40. The van der Waals surface area contributed by atoms with Crippen molar-refractivity contribution in [2.45, 2.75) is 121 Å². The van der Waals surface area contributed by atoms with Crippen molar-refractivity contribution in [1.29, 1.82) is 0 Å². The molecule has 0 spiro atoms. The fraction of sp³-hybridized carbons (Fsp3) is 0.200. The molecule has 4 aliphatic rings. The van der Waals surface area contributed by atoms with Gasteiger partial charge in [0.05, 0.1) is 33.6 Å². The number of aryl methyl sites for hydroxylation is 4. The Bertz CT molecular complexity index is 5120. The molecular weight excluding hydrogens is 1170 g/mol. The molecular formula is C95H84N2. The average molecular weight is 1250 g/mol. The first-order chi connectivity index (χ1) is 47.7. The smallest absolute Gasteiger partial charge is 0.0713 e. The number of para-hydroxylation sites is 2. The first-order valence-corrected chi connectivity index (χ1v) is 35.9. The molecule has 0 saturated heterocycles. The van der Waals surface area contributed by atoms with Gasteiger partial charge < -0.3 is 9.80 Å². The molecule has 0 N–H and O–H groups in total. The molecule has 17 rings (SSSR count). The first-order valence-electron chi connectivity index (χ1n) is 35.9. The molecule has 2 heteroatoms. The summed E-state index contributed by atoms with van der Waals surface area (Å²) in [5.74, 6) is 0.868. The monoisotopic (exact) mass is 1250 g/mol. The van der Waals surface area contributed by atoms with Crippen molar-refractivity contribution in [3.63, 3.8) is 0 Å². The summed E-state index contributed by atoms with van der Waals surface area (Å²) in [4.78, 5) is 5.33. The van der Waals surface area contributed by atoms with Crippen LogP contribution in [0, 0.1) is 27.7 Å². The van der Waals surface area contributed by atoms with Crippen LogP contribution in [0.25, 0.3) is 43.4 Å². The van der Waals surface area contributed by atoms with Crippen LogP contribution in [0.1, 0.15) is 154 Å². The van der Waals surface area contributed by atoms with E-state index in [1.165, 1.54) is 208 Å². The molecule has 1 unspecified atom stereocenters. The molecule has 13 aromatic rings. The third-order valence-corrected chi connectivity index (χ3v) is 23.0. The molecule has 2 saturated carbocycles. The normalized spacial score (nSPS) is 17.7. The van der Waals surface area contributed by atoms with Gasteiger partial charge in [0.2, 0.25) is 0 Å². The Hall–Kier alpha value is -10.3. The second-order valence-corrected chi connectivity index (χ2v) is 28.5. The first kappa shape index (κ1) is 60.4. The summed E-state index contributed by atoms with van der Waals surface area (Å²) in [6.45, 7) is 14.5. The van der Waals surface area contributed by atoms with Crippen LogP contribution >= 0.6 is 0 Å². The Morgan fingerprint density at radius 1 is 0.351 bits per heavy atom. The fourth-order valence-corrected chi connectivity index (χ4v) is 18.9. The van der Waals surface area contributed by atoms with Gasteiger partial charge in [-0.3, -0.25) is 0 Å². The van der Waals surface area contributed by atoms with Gasteiger partial charge in [-0.15, -0.1) is 0 Å². The van der Waals surface area contributed by atoms with Crippen LogP contribution in [0.2, 0.25) is 0 Å². The largest absolute Gasteiger partial charge is 0.309 e. The van der Waals surface area contributed by atoms with E-state index >= 15 is 0 Å². The van der Waals surface area contributed by atoms with Crippen molar-refractivity contribution in [2.24, 2.45) is 0 Å². The summed E-state index contributed by atoms with van der Waals surface area (Å²) in [6.07, 6.45) is 22.1. The summed E-state index contributed by atoms with van der Waals surface area (Å²) in [5, 5.41) is 8.17. The summed E-state index contributed by atoms with van der Waals surface area (Å²) >= 11 is 0. The minimum atomic E-state index is -0.660. The third kappa shape index (κ3) is 9.71. The second kappa shape index (κ2) is 24.7. The Labute approximate surface area is 574 Å². The predicted molar refractivity (Wildman–Crippen MR) is 411 cm³/mol. The highest BCUT2D eigenvalue weighted by Gasteiger charge is 2.47. The van der Waals surface area contributed by atoms with Crippen molar-refractivity contribution in [3.05, 3.63) is 369 Å². The van der Waals surface area contributed by atoms with Crippen molar-refractivity contribution in [1.82, 2.24) is 0 Å². The average Bonchev–Trinajstić information content (AvgIpc) is 1.29. The van der Waals surface area contributed by atoms with Crippen LogP contribution < -0.4 is 9.80 Å². The van der Waals surface area contributed by atoms with Gasteiger partial charge >= 0.3 is 0 Å². The standard InChI is InChI=1S/C95H84N2/c1-63-57-73(94(71-40-19-9-20-41-71)67(5)33-13-6-18-38-70-39-27-30-50-85(70)94)58-64(2)92(63)96(75-44-23-11-24-45-75)88-61-83(68-34-14-7-15-35-68)79-54-56-82-89(62-84(69-36-16-8-17-37-69)80-53-55-81(88)90(79)91(80)82)97(76-46-25-12-26-47-76)93-65(3)59-74(60-66(93)4)95(72-42-21-10-22-43-72)86-51-31-28-48-77(86)78-49-29-32-52-87(78)95/h6,9-13,18-33,39-62,68-69H,5,7-8,14-17,34-38H2,1-4H3/b18-6-,33-13-. The van der Waals surface area contributed by atoms with E-state index in [2.05, 4.69) is 317 Å². The number of hydrogen-bond donors (Lipinski definition) is 0. The van der Waals surface area contributed by atoms with E-state index in [1.54, 1.807) is 0 Å². The lowest BCUT2D eigenvalue weighted by Crippen LogP contribution is -2.32. The van der Waals surface area contributed by atoms with E-state index in [0.717, 1.165) is 23.4 Å². The number of fused-ring (bicyclic) bond motifs is 4. The van der Waals surface area contributed by atoms with Gasteiger partial charge in [0.1, 0.15) is 0 Å². The number of hydrogen-bond acceptors (Lipinski definition) is 2. The van der Waals surface area contributed by atoms with Crippen LogP contribution in [-0.4, -0.2) is 0 Å². The van der Waals surface area contributed by atoms with E-state index in [9.17, 15) is 0 Å². The second-order valence-electron chi connectivity index (χ2n) is 28.5. The minimum absolute atomic E-state index is 0.432. The number of benzene rings is 13. The van der Waals surface area contributed by atoms with E-state index in [0.29, 0.717) is 11.8 Å². The van der Waals surface area contributed by atoms with Crippen molar-refractivity contribution in [2.75, 3.05) is 9.80 Å². The lowest BCUT2D eigenvalue weighted by molar-refractivity contribution is 0.445. The molecule has 97 heavy (non-hydrogen) atoms. The summed E-state index contributed by atoms with van der Waals surface area (Å²) in [6, 6.07) is 98.1. The zero-order chi connectivity index (χ0) is 65.4. The maximum atomic E-state index is 5.01. The van der Waals surface area contributed by atoms with E-state index in [-0.39, 0.29) is 0 Å². The van der Waals surface area contributed by atoms with Crippen LogP contribution in [0.15, 0.2) is 291 Å². The van der Waals surface area contributed by atoms with Crippen molar-refractivity contribution >= 4 is 66.4 Å². The Morgan fingerprint density at radius 2 is 0.732 bits per heavy atom. The number of anilines is 6. The van der Waals surface area contributed by atoms with Gasteiger partial charge in [-0.2, -0.15) is 0 Å². The maximum Gasteiger partial charge on any atom is 0.0713 e. The molecule has 1 atom stereocenters. The van der Waals surface area contributed by atoms with Crippen molar-refractivity contribution < 1.29 is 0 Å². The Balaban J connectivity index is 0.928. The number of nitrogens with zero attached hydrogens (tertiary/aromatic N) is 2. The van der Waals surface area contributed by atoms with Gasteiger partial charge in [0.25, 0.3) is 0 Å². The van der Waals surface area contributed by atoms with Gasteiger partial charge in [-0.05, 0) is 224 Å². The number of allylic oxidation sites excluding steroid dienone is 5.